The number of likely N-dealkylation sites (N-methyl/N-ethyl adjacent to an activating group) is 1. The molecule has 1 aromatic carbocycles. The Labute approximate surface area is 133 Å². The maximum atomic E-state index is 12.9. The van der Waals surface area contributed by atoms with E-state index >= 15 is 0 Å². The fourth-order valence-electron chi connectivity index (χ4n) is 3.17. The number of hydrogen-bond acceptors (Lipinski definition) is 2. The molecule has 3 aromatic rings. The summed E-state index contributed by atoms with van der Waals surface area (Å²) < 4.78 is 2.15. The van der Waals surface area contributed by atoms with E-state index in [4.69, 9.17) is 0 Å². The summed E-state index contributed by atoms with van der Waals surface area (Å²) in [6, 6.07) is 12.3. The lowest BCUT2D eigenvalue weighted by molar-refractivity contribution is 0.0813. The Morgan fingerprint density at radius 2 is 1.91 bits per heavy atom. The fourth-order valence-corrected chi connectivity index (χ4v) is 3.94. The van der Waals surface area contributed by atoms with Crippen molar-refractivity contribution in [2.75, 3.05) is 13.6 Å². The SMILES string of the molecule is CN1CC=C(c2cccs2)c2c(c3ccccc3n2C)C1=O. The summed E-state index contributed by atoms with van der Waals surface area (Å²) in [5.74, 6) is 0.0922. The highest BCUT2D eigenvalue weighted by Crippen LogP contribution is 2.37. The summed E-state index contributed by atoms with van der Waals surface area (Å²) in [5, 5.41) is 3.11. The zero-order chi connectivity index (χ0) is 15.3. The molecule has 0 saturated heterocycles. The molecular weight excluding hydrogens is 292 g/mol. The van der Waals surface area contributed by atoms with Crippen LogP contribution in [0.15, 0.2) is 47.9 Å². The molecule has 0 saturated carbocycles. The van der Waals surface area contributed by atoms with Crippen molar-refractivity contribution in [2.24, 2.45) is 7.05 Å². The van der Waals surface area contributed by atoms with Crippen molar-refractivity contribution in [1.29, 1.82) is 0 Å². The van der Waals surface area contributed by atoms with Crippen molar-refractivity contribution in [3.63, 3.8) is 0 Å². The molecule has 22 heavy (non-hydrogen) atoms. The quantitative estimate of drug-likeness (QED) is 0.672. The van der Waals surface area contributed by atoms with Crippen molar-refractivity contribution in [2.45, 2.75) is 0 Å². The van der Waals surface area contributed by atoms with Gasteiger partial charge in [0.25, 0.3) is 5.91 Å². The van der Waals surface area contributed by atoms with Crippen LogP contribution in [0.5, 0.6) is 0 Å². The first-order chi connectivity index (χ1) is 10.7. The Kier molecular flexibility index (Phi) is 2.94. The number of benzene rings is 1. The van der Waals surface area contributed by atoms with Crippen molar-refractivity contribution >= 4 is 33.7 Å². The van der Waals surface area contributed by atoms with Crippen molar-refractivity contribution in [1.82, 2.24) is 9.47 Å². The molecular formula is C18H16N2OS. The Hall–Kier alpha value is -2.33. The molecule has 2 aromatic heterocycles. The van der Waals surface area contributed by atoms with E-state index in [2.05, 4.69) is 34.2 Å². The second kappa shape index (κ2) is 4.85. The van der Waals surface area contributed by atoms with Crippen LogP contribution < -0.4 is 0 Å². The van der Waals surface area contributed by atoms with Gasteiger partial charge in [-0.25, -0.2) is 0 Å². The van der Waals surface area contributed by atoms with Gasteiger partial charge >= 0.3 is 0 Å². The number of aromatic nitrogens is 1. The minimum atomic E-state index is 0.0922. The average molecular weight is 308 g/mol. The molecule has 110 valence electrons. The van der Waals surface area contributed by atoms with Gasteiger partial charge in [-0.05, 0) is 17.5 Å². The highest BCUT2D eigenvalue weighted by atomic mass is 32.1. The molecule has 0 aliphatic carbocycles. The monoisotopic (exact) mass is 308 g/mol. The summed E-state index contributed by atoms with van der Waals surface area (Å²) in [6.07, 6.45) is 2.16. The van der Waals surface area contributed by atoms with Crippen molar-refractivity contribution in [3.8, 4) is 0 Å². The van der Waals surface area contributed by atoms with Gasteiger partial charge in [-0.3, -0.25) is 4.79 Å². The molecule has 1 amide bonds. The topological polar surface area (TPSA) is 25.2 Å². The van der Waals surface area contributed by atoms with Crippen LogP contribution in [0.1, 0.15) is 20.9 Å². The Morgan fingerprint density at radius 1 is 1.09 bits per heavy atom. The third-order valence-corrected chi connectivity index (χ3v) is 5.18. The normalized spacial score (nSPS) is 14.9. The highest BCUT2D eigenvalue weighted by Gasteiger charge is 2.28. The van der Waals surface area contributed by atoms with E-state index in [1.807, 2.05) is 32.3 Å². The maximum absolute atomic E-state index is 12.9. The zero-order valence-corrected chi connectivity index (χ0v) is 13.4. The van der Waals surface area contributed by atoms with Crippen LogP contribution in [0.3, 0.4) is 0 Å². The summed E-state index contributed by atoms with van der Waals surface area (Å²) in [4.78, 5) is 15.8. The largest absolute Gasteiger partial charge is 0.343 e. The number of fused-ring (bicyclic) bond motifs is 3. The molecule has 4 rings (SSSR count). The Morgan fingerprint density at radius 3 is 2.68 bits per heavy atom. The van der Waals surface area contributed by atoms with Gasteiger partial charge in [0.05, 0.1) is 11.3 Å². The van der Waals surface area contributed by atoms with E-state index in [9.17, 15) is 4.79 Å². The van der Waals surface area contributed by atoms with Gasteiger partial charge < -0.3 is 9.47 Å². The summed E-state index contributed by atoms with van der Waals surface area (Å²) in [7, 11) is 3.91. The standard InChI is InChI=1S/C18H16N2OS/c1-19-10-9-13(15-8-5-11-22-15)17-16(18(19)21)12-6-3-4-7-14(12)20(17)2/h3-9,11H,10H2,1-2H3. The number of aryl methyl sites for hydroxylation is 1. The van der Waals surface area contributed by atoms with Crippen LogP contribution in [0.4, 0.5) is 0 Å². The van der Waals surface area contributed by atoms with Crippen LogP contribution in [0.25, 0.3) is 16.5 Å². The van der Waals surface area contributed by atoms with Gasteiger partial charge in [-0.2, -0.15) is 0 Å². The zero-order valence-electron chi connectivity index (χ0n) is 12.5. The molecule has 0 radical (unpaired) electrons. The van der Waals surface area contributed by atoms with Crippen LogP contribution >= 0.6 is 11.3 Å². The summed E-state index contributed by atoms with van der Waals surface area (Å²) >= 11 is 1.71. The number of carbonyl (C=O) groups excluding carboxylic acids is 1. The predicted molar refractivity (Wildman–Crippen MR) is 91.3 cm³/mol. The van der Waals surface area contributed by atoms with E-state index < -0.39 is 0 Å². The molecule has 0 fully saturated rings. The molecule has 0 atom stereocenters. The average Bonchev–Trinajstić information content (AvgIpc) is 3.12. The highest BCUT2D eigenvalue weighted by molar-refractivity contribution is 7.11. The predicted octanol–water partition coefficient (Wildman–Crippen LogP) is 3.76. The summed E-state index contributed by atoms with van der Waals surface area (Å²) in [5.41, 5.74) is 4.09. The van der Waals surface area contributed by atoms with Gasteiger partial charge in [0.1, 0.15) is 0 Å². The number of amides is 1. The third-order valence-electron chi connectivity index (χ3n) is 4.28. The molecule has 0 spiro atoms. The van der Waals surface area contributed by atoms with Gasteiger partial charge in [0.15, 0.2) is 0 Å². The summed E-state index contributed by atoms with van der Waals surface area (Å²) in [6.45, 7) is 0.634. The number of hydrogen-bond donors (Lipinski definition) is 0. The number of rotatable bonds is 1. The molecule has 1 aliphatic rings. The van der Waals surface area contributed by atoms with Crippen LogP contribution in [-0.4, -0.2) is 29.0 Å². The molecule has 4 heteroatoms. The Bertz CT molecular complexity index is 903. The van der Waals surface area contributed by atoms with E-state index in [-0.39, 0.29) is 5.91 Å². The second-order valence-corrected chi connectivity index (χ2v) is 6.53. The van der Waals surface area contributed by atoms with Crippen LogP contribution in [0, 0.1) is 0 Å². The first-order valence-corrected chi connectivity index (χ1v) is 8.13. The van der Waals surface area contributed by atoms with E-state index in [1.54, 1.807) is 16.2 Å². The fraction of sp³-hybridized carbons (Fsp3) is 0.167. The molecule has 0 bridgehead atoms. The first kappa shape index (κ1) is 13.3. The number of carbonyl (C=O) groups is 1. The van der Waals surface area contributed by atoms with Gasteiger partial charge in [-0.15, -0.1) is 11.3 Å². The van der Waals surface area contributed by atoms with Crippen LogP contribution in [-0.2, 0) is 7.05 Å². The Balaban J connectivity index is 2.12. The van der Waals surface area contributed by atoms with Gasteiger partial charge in [0, 0.05) is 42.0 Å². The lowest BCUT2D eigenvalue weighted by Gasteiger charge is -2.12. The van der Waals surface area contributed by atoms with E-state index in [0.717, 1.165) is 27.7 Å². The molecule has 3 heterocycles. The molecule has 1 aliphatic heterocycles. The first-order valence-electron chi connectivity index (χ1n) is 7.26. The van der Waals surface area contributed by atoms with E-state index in [1.165, 1.54) is 4.88 Å². The molecule has 0 N–H and O–H groups in total. The maximum Gasteiger partial charge on any atom is 0.256 e. The number of para-hydroxylation sites is 1. The lowest BCUT2D eigenvalue weighted by Crippen LogP contribution is -2.25. The number of nitrogens with zero attached hydrogens (tertiary/aromatic N) is 2. The molecule has 3 nitrogen and oxygen atoms in total. The molecule has 0 unspecified atom stereocenters. The van der Waals surface area contributed by atoms with Gasteiger partial charge in [-0.1, -0.05) is 30.3 Å². The second-order valence-electron chi connectivity index (χ2n) is 5.58. The smallest absolute Gasteiger partial charge is 0.256 e. The lowest BCUT2D eigenvalue weighted by atomic mass is 10.0. The third kappa shape index (κ3) is 1.77. The van der Waals surface area contributed by atoms with Crippen molar-refractivity contribution < 1.29 is 4.79 Å². The van der Waals surface area contributed by atoms with E-state index in [0.29, 0.717) is 6.54 Å². The van der Waals surface area contributed by atoms with Crippen molar-refractivity contribution in [3.05, 3.63) is 64.0 Å². The van der Waals surface area contributed by atoms with Crippen LogP contribution in [0.2, 0.25) is 0 Å². The minimum Gasteiger partial charge on any atom is -0.343 e. The minimum absolute atomic E-state index is 0.0922. The number of thiophene rings is 1. The van der Waals surface area contributed by atoms with Gasteiger partial charge in [0.2, 0.25) is 0 Å².